The van der Waals surface area contributed by atoms with E-state index in [4.69, 9.17) is 4.74 Å². The van der Waals surface area contributed by atoms with Crippen LogP contribution in [-0.2, 0) is 0 Å². The van der Waals surface area contributed by atoms with Crippen LogP contribution in [0.1, 0.15) is 72.9 Å². The molecule has 2 N–H and O–H groups in total. The van der Waals surface area contributed by atoms with Gasteiger partial charge in [0.1, 0.15) is 0 Å². The van der Waals surface area contributed by atoms with E-state index in [1.807, 2.05) is 6.92 Å². The standard InChI is InChI=1S/C22H27F2N3O3/c1-3-17(27-21(28)15-8-9-18(30-2)26-12-15)14-6-4-13(5-7-14)16-10-11-25-22(29)19(16)20(23)24/h8-14,17,20H,3-7H2,1-2H3,(H,25,29)(H,27,28)/t13-,14+,17-/m0/s1. The van der Waals surface area contributed by atoms with Crippen LogP contribution in [0.15, 0.2) is 35.4 Å². The molecule has 0 saturated heterocycles. The molecule has 2 heterocycles. The summed E-state index contributed by atoms with van der Waals surface area (Å²) in [7, 11) is 1.52. The van der Waals surface area contributed by atoms with E-state index in [1.54, 1.807) is 18.2 Å². The van der Waals surface area contributed by atoms with Gasteiger partial charge in [-0.2, -0.15) is 0 Å². The number of hydrogen-bond donors (Lipinski definition) is 2. The van der Waals surface area contributed by atoms with Crippen molar-refractivity contribution in [2.75, 3.05) is 7.11 Å². The Morgan fingerprint density at radius 2 is 2.00 bits per heavy atom. The highest BCUT2D eigenvalue weighted by Crippen LogP contribution is 2.39. The zero-order chi connectivity index (χ0) is 21.7. The number of carbonyl (C=O) groups is 1. The zero-order valence-corrected chi connectivity index (χ0v) is 17.2. The average Bonchev–Trinajstić information content (AvgIpc) is 2.77. The van der Waals surface area contributed by atoms with Crippen LogP contribution in [0.2, 0.25) is 0 Å². The van der Waals surface area contributed by atoms with E-state index in [0.29, 0.717) is 29.8 Å². The molecule has 0 aliphatic heterocycles. The Morgan fingerprint density at radius 1 is 1.27 bits per heavy atom. The molecule has 8 heteroatoms. The van der Waals surface area contributed by atoms with Gasteiger partial charge in [0, 0.05) is 24.5 Å². The topological polar surface area (TPSA) is 84.1 Å². The fourth-order valence-electron chi connectivity index (χ4n) is 4.36. The van der Waals surface area contributed by atoms with Crippen molar-refractivity contribution in [3.05, 3.63) is 57.6 Å². The second-order valence-electron chi connectivity index (χ2n) is 7.67. The van der Waals surface area contributed by atoms with Crippen LogP contribution >= 0.6 is 0 Å². The number of carbonyl (C=O) groups excluding carboxylic acids is 1. The van der Waals surface area contributed by atoms with Crippen molar-refractivity contribution in [2.45, 2.75) is 57.4 Å². The minimum absolute atomic E-state index is 0.00528. The van der Waals surface area contributed by atoms with E-state index in [9.17, 15) is 18.4 Å². The lowest BCUT2D eigenvalue weighted by Crippen LogP contribution is -2.41. The first kappa shape index (κ1) is 21.9. The van der Waals surface area contributed by atoms with Crippen molar-refractivity contribution in [1.82, 2.24) is 15.3 Å². The van der Waals surface area contributed by atoms with Crippen LogP contribution in [0, 0.1) is 5.92 Å². The molecule has 1 fully saturated rings. The van der Waals surface area contributed by atoms with Gasteiger partial charge in [0.05, 0.1) is 18.2 Å². The fraction of sp³-hybridized carbons (Fsp3) is 0.500. The number of alkyl halides is 2. The highest BCUT2D eigenvalue weighted by atomic mass is 19.3. The summed E-state index contributed by atoms with van der Waals surface area (Å²) in [5.74, 6) is 0.457. The molecule has 1 amide bonds. The van der Waals surface area contributed by atoms with Gasteiger partial charge in [-0.05, 0) is 61.6 Å². The third kappa shape index (κ3) is 4.86. The molecule has 1 saturated carbocycles. The first-order valence-corrected chi connectivity index (χ1v) is 10.2. The van der Waals surface area contributed by atoms with Gasteiger partial charge in [-0.15, -0.1) is 0 Å². The van der Waals surface area contributed by atoms with Gasteiger partial charge in [-0.3, -0.25) is 9.59 Å². The van der Waals surface area contributed by atoms with E-state index in [0.717, 1.165) is 19.3 Å². The second-order valence-corrected chi connectivity index (χ2v) is 7.67. The summed E-state index contributed by atoms with van der Waals surface area (Å²) >= 11 is 0. The monoisotopic (exact) mass is 419 g/mol. The molecule has 1 atom stereocenters. The maximum atomic E-state index is 13.4. The number of aromatic nitrogens is 2. The van der Waals surface area contributed by atoms with Crippen molar-refractivity contribution in [3.63, 3.8) is 0 Å². The number of nitrogens with zero attached hydrogens (tertiary/aromatic N) is 1. The number of methoxy groups -OCH3 is 1. The number of amides is 1. The van der Waals surface area contributed by atoms with Gasteiger partial charge in [0.25, 0.3) is 17.9 Å². The van der Waals surface area contributed by atoms with Gasteiger partial charge >= 0.3 is 0 Å². The molecule has 2 aromatic rings. The summed E-state index contributed by atoms with van der Waals surface area (Å²) in [5, 5.41) is 3.09. The molecular weight excluding hydrogens is 392 g/mol. The number of halogens is 2. The van der Waals surface area contributed by atoms with Crippen LogP contribution in [0.4, 0.5) is 8.78 Å². The van der Waals surface area contributed by atoms with Gasteiger partial charge in [-0.1, -0.05) is 6.92 Å². The summed E-state index contributed by atoms with van der Waals surface area (Å²) in [6.45, 7) is 2.02. The maximum absolute atomic E-state index is 13.4. The molecule has 2 aromatic heterocycles. The average molecular weight is 419 g/mol. The highest BCUT2D eigenvalue weighted by Gasteiger charge is 2.31. The molecule has 0 unspecified atom stereocenters. The van der Waals surface area contributed by atoms with Gasteiger partial charge in [0.15, 0.2) is 0 Å². The SMILES string of the molecule is CC[C@H](NC(=O)c1ccc(OC)nc1)[C@H]1CC[C@@H](c2cc[nH]c(=O)c2C(F)F)CC1. The third-order valence-electron chi connectivity index (χ3n) is 6.00. The lowest BCUT2D eigenvalue weighted by Gasteiger charge is -2.34. The Bertz CT molecular complexity index is 907. The van der Waals surface area contributed by atoms with E-state index in [1.165, 1.54) is 19.5 Å². The predicted octanol–water partition coefficient (Wildman–Crippen LogP) is 4.20. The lowest BCUT2D eigenvalue weighted by molar-refractivity contribution is 0.0908. The van der Waals surface area contributed by atoms with Gasteiger partial charge < -0.3 is 15.0 Å². The Kier molecular flexibility index (Phi) is 7.18. The molecule has 1 aliphatic carbocycles. The van der Waals surface area contributed by atoms with Crippen LogP contribution in [-0.4, -0.2) is 29.0 Å². The van der Waals surface area contributed by atoms with E-state index in [-0.39, 0.29) is 23.8 Å². The van der Waals surface area contributed by atoms with Crippen molar-refractivity contribution >= 4 is 5.91 Å². The summed E-state index contributed by atoms with van der Waals surface area (Å²) in [4.78, 5) is 30.8. The molecule has 3 rings (SSSR count). The number of pyridine rings is 2. The van der Waals surface area contributed by atoms with Crippen molar-refractivity contribution in [1.29, 1.82) is 0 Å². The Morgan fingerprint density at radius 3 is 2.57 bits per heavy atom. The number of ether oxygens (including phenoxy) is 1. The van der Waals surface area contributed by atoms with Gasteiger partial charge in [-0.25, -0.2) is 13.8 Å². The Labute approximate surface area is 174 Å². The second kappa shape index (κ2) is 9.82. The molecule has 162 valence electrons. The molecule has 1 aliphatic rings. The molecule has 30 heavy (non-hydrogen) atoms. The highest BCUT2D eigenvalue weighted by molar-refractivity contribution is 5.94. The van der Waals surface area contributed by atoms with Crippen molar-refractivity contribution < 1.29 is 18.3 Å². The summed E-state index contributed by atoms with van der Waals surface area (Å²) in [5.41, 5.74) is -0.202. The summed E-state index contributed by atoms with van der Waals surface area (Å²) < 4.78 is 31.8. The summed E-state index contributed by atoms with van der Waals surface area (Å²) in [6, 6.07) is 4.91. The molecule has 0 spiro atoms. The Balaban J connectivity index is 1.64. The molecule has 0 aromatic carbocycles. The summed E-state index contributed by atoms with van der Waals surface area (Å²) in [6.07, 6.45) is 3.94. The molecule has 0 radical (unpaired) electrons. The smallest absolute Gasteiger partial charge is 0.269 e. The number of hydrogen-bond acceptors (Lipinski definition) is 4. The van der Waals surface area contributed by atoms with Crippen molar-refractivity contribution in [3.8, 4) is 5.88 Å². The van der Waals surface area contributed by atoms with Gasteiger partial charge in [0.2, 0.25) is 5.88 Å². The van der Waals surface area contributed by atoms with Crippen LogP contribution in [0.3, 0.4) is 0 Å². The first-order chi connectivity index (χ1) is 14.4. The molecule has 0 bridgehead atoms. The quantitative estimate of drug-likeness (QED) is 0.705. The Hall–Kier alpha value is -2.77. The zero-order valence-electron chi connectivity index (χ0n) is 17.2. The van der Waals surface area contributed by atoms with E-state index < -0.39 is 17.5 Å². The van der Waals surface area contributed by atoms with Crippen LogP contribution < -0.4 is 15.6 Å². The number of H-pyrrole nitrogens is 1. The van der Waals surface area contributed by atoms with Crippen LogP contribution in [0.5, 0.6) is 5.88 Å². The number of nitrogens with one attached hydrogen (secondary N) is 2. The van der Waals surface area contributed by atoms with E-state index >= 15 is 0 Å². The number of aromatic amines is 1. The third-order valence-corrected chi connectivity index (χ3v) is 6.00. The normalized spacial score (nSPS) is 20.0. The fourth-order valence-corrected chi connectivity index (χ4v) is 4.36. The van der Waals surface area contributed by atoms with Crippen molar-refractivity contribution in [2.24, 2.45) is 5.92 Å². The maximum Gasteiger partial charge on any atom is 0.269 e. The first-order valence-electron chi connectivity index (χ1n) is 10.2. The number of rotatable bonds is 7. The molecular formula is C22H27F2N3O3. The largest absolute Gasteiger partial charge is 0.481 e. The minimum atomic E-state index is -2.79. The molecule has 6 nitrogen and oxygen atoms in total. The van der Waals surface area contributed by atoms with E-state index in [2.05, 4.69) is 15.3 Å². The lowest BCUT2D eigenvalue weighted by atomic mass is 9.74. The predicted molar refractivity (Wildman–Crippen MR) is 109 cm³/mol. The minimum Gasteiger partial charge on any atom is -0.481 e. The van der Waals surface area contributed by atoms with Crippen LogP contribution in [0.25, 0.3) is 0 Å².